The van der Waals surface area contributed by atoms with Gasteiger partial charge in [0.2, 0.25) is 0 Å². The number of aromatic amines is 1. The number of unbranched alkanes of at least 4 members (excludes halogenated alkanes) is 1. The third-order valence-electron chi connectivity index (χ3n) is 4.09. The van der Waals surface area contributed by atoms with Gasteiger partial charge in [-0.2, -0.15) is 0 Å². The maximum Gasteiger partial charge on any atom is 0.255 e. The Balaban J connectivity index is 1.87. The molecule has 4 nitrogen and oxygen atoms in total. The van der Waals surface area contributed by atoms with Crippen molar-refractivity contribution in [3.8, 4) is 11.4 Å². The Labute approximate surface area is 130 Å². The number of aromatic nitrogens is 2. The van der Waals surface area contributed by atoms with E-state index in [0.29, 0.717) is 12.1 Å². The molecule has 0 saturated heterocycles. The van der Waals surface area contributed by atoms with Gasteiger partial charge in [-0.25, -0.2) is 4.98 Å². The summed E-state index contributed by atoms with van der Waals surface area (Å²) in [6, 6.07) is 7.89. The topological polar surface area (TPSA) is 49.0 Å². The second-order valence-electron chi connectivity index (χ2n) is 5.58. The second kappa shape index (κ2) is 6.60. The van der Waals surface area contributed by atoms with Gasteiger partial charge >= 0.3 is 0 Å². The van der Waals surface area contributed by atoms with Crippen LogP contribution in [0.1, 0.15) is 36.5 Å². The molecule has 22 heavy (non-hydrogen) atoms. The van der Waals surface area contributed by atoms with Crippen molar-refractivity contribution < 1.29 is 4.79 Å². The minimum Gasteiger partial charge on any atom is -0.345 e. The van der Waals surface area contributed by atoms with Crippen LogP contribution < -0.4 is 0 Å². The summed E-state index contributed by atoms with van der Waals surface area (Å²) in [5.41, 5.74) is 1.57. The SMILES string of the molecule is CCCC[C@@H]1C=CCN1C(=O)c1ccccc1-c1ncc[nH]1. The van der Waals surface area contributed by atoms with Gasteiger partial charge in [0.15, 0.2) is 0 Å². The van der Waals surface area contributed by atoms with Crippen molar-refractivity contribution in [3.63, 3.8) is 0 Å². The number of benzene rings is 1. The van der Waals surface area contributed by atoms with Crippen molar-refractivity contribution in [3.05, 3.63) is 54.4 Å². The van der Waals surface area contributed by atoms with Gasteiger partial charge in [0.25, 0.3) is 5.91 Å². The van der Waals surface area contributed by atoms with Crippen LogP contribution in [-0.2, 0) is 0 Å². The standard InChI is InChI=1S/C18H21N3O/c1-2-3-7-14-8-6-13-21(14)18(22)16-10-5-4-9-15(16)17-19-11-12-20-17/h4-6,8-12,14H,2-3,7,13H2,1H3,(H,19,20)/t14-/m1/s1. The fraction of sp³-hybridized carbons (Fsp3) is 0.333. The molecule has 0 spiro atoms. The van der Waals surface area contributed by atoms with Gasteiger partial charge in [-0.1, -0.05) is 50.1 Å². The van der Waals surface area contributed by atoms with E-state index in [4.69, 9.17) is 0 Å². The van der Waals surface area contributed by atoms with E-state index in [2.05, 4.69) is 29.0 Å². The Morgan fingerprint density at radius 1 is 1.41 bits per heavy atom. The molecule has 1 aliphatic heterocycles. The van der Waals surface area contributed by atoms with Gasteiger partial charge in [-0.15, -0.1) is 0 Å². The van der Waals surface area contributed by atoms with Crippen molar-refractivity contribution in [2.45, 2.75) is 32.2 Å². The van der Waals surface area contributed by atoms with Gasteiger partial charge < -0.3 is 9.88 Å². The first-order valence-electron chi connectivity index (χ1n) is 7.87. The Bertz CT molecular complexity index is 661. The third kappa shape index (κ3) is 2.82. The average molecular weight is 295 g/mol. The van der Waals surface area contributed by atoms with Crippen LogP contribution in [0.3, 0.4) is 0 Å². The summed E-state index contributed by atoms with van der Waals surface area (Å²) in [5, 5.41) is 0. The highest BCUT2D eigenvalue weighted by Gasteiger charge is 2.27. The monoisotopic (exact) mass is 295 g/mol. The molecule has 0 bridgehead atoms. The van der Waals surface area contributed by atoms with E-state index < -0.39 is 0 Å². The zero-order valence-corrected chi connectivity index (χ0v) is 12.8. The predicted octanol–water partition coefficient (Wildman–Crippen LogP) is 3.65. The number of amides is 1. The molecule has 0 saturated carbocycles. The average Bonchev–Trinajstić information content (AvgIpc) is 3.23. The number of hydrogen-bond acceptors (Lipinski definition) is 2. The van der Waals surface area contributed by atoms with Crippen LogP contribution in [0.2, 0.25) is 0 Å². The molecule has 1 aliphatic rings. The Kier molecular flexibility index (Phi) is 4.37. The largest absolute Gasteiger partial charge is 0.345 e. The number of hydrogen-bond donors (Lipinski definition) is 1. The van der Waals surface area contributed by atoms with Crippen LogP contribution >= 0.6 is 0 Å². The van der Waals surface area contributed by atoms with E-state index in [1.165, 1.54) is 0 Å². The number of nitrogens with one attached hydrogen (secondary N) is 1. The molecule has 1 amide bonds. The fourth-order valence-corrected chi connectivity index (χ4v) is 2.91. The van der Waals surface area contributed by atoms with E-state index in [0.717, 1.165) is 30.7 Å². The lowest BCUT2D eigenvalue weighted by molar-refractivity contribution is 0.0744. The molecule has 1 aromatic heterocycles. The summed E-state index contributed by atoms with van der Waals surface area (Å²) in [4.78, 5) is 22.3. The smallest absolute Gasteiger partial charge is 0.255 e. The predicted molar refractivity (Wildman–Crippen MR) is 87.5 cm³/mol. The molecule has 1 atom stereocenters. The minimum absolute atomic E-state index is 0.0816. The first-order valence-corrected chi connectivity index (χ1v) is 7.87. The molecular formula is C18H21N3O. The maximum absolute atomic E-state index is 13.0. The summed E-state index contributed by atoms with van der Waals surface area (Å²) < 4.78 is 0. The third-order valence-corrected chi connectivity index (χ3v) is 4.09. The van der Waals surface area contributed by atoms with Gasteiger partial charge in [0.05, 0.1) is 11.6 Å². The van der Waals surface area contributed by atoms with E-state index in [1.807, 2.05) is 29.2 Å². The molecule has 0 unspecified atom stereocenters. The van der Waals surface area contributed by atoms with Gasteiger partial charge in [0.1, 0.15) is 5.82 Å². The van der Waals surface area contributed by atoms with Crippen molar-refractivity contribution >= 4 is 5.91 Å². The lowest BCUT2D eigenvalue weighted by Gasteiger charge is -2.25. The molecule has 3 rings (SSSR count). The molecule has 0 radical (unpaired) electrons. The van der Waals surface area contributed by atoms with Crippen molar-refractivity contribution in [2.75, 3.05) is 6.54 Å². The van der Waals surface area contributed by atoms with Crippen LogP contribution in [0, 0.1) is 0 Å². The van der Waals surface area contributed by atoms with E-state index >= 15 is 0 Å². The number of carbonyl (C=O) groups is 1. The number of imidazole rings is 1. The van der Waals surface area contributed by atoms with E-state index in [1.54, 1.807) is 12.4 Å². The summed E-state index contributed by atoms with van der Waals surface area (Å²) in [7, 11) is 0. The van der Waals surface area contributed by atoms with Gasteiger partial charge in [-0.3, -0.25) is 4.79 Å². The highest BCUT2D eigenvalue weighted by molar-refractivity contribution is 6.00. The van der Waals surface area contributed by atoms with Crippen LogP contribution in [-0.4, -0.2) is 33.4 Å². The highest BCUT2D eigenvalue weighted by atomic mass is 16.2. The Morgan fingerprint density at radius 3 is 3.05 bits per heavy atom. The first kappa shape index (κ1) is 14.6. The van der Waals surface area contributed by atoms with Crippen LogP contribution in [0.5, 0.6) is 0 Å². The van der Waals surface area contributed by atoms with Crippen molar-refractivity contribution in [2.24, 2.45) is 0 Å². The van der Waals surface area contributed by atoms with Gasteiger partial charge in [0, 0.05) is 24.5 Å². The first-order chi connectivity index (χ1) is 10.8. The quantitative estimate of drug-likeness (QED) is 0.856. The minimum atomic E-state index is 0.0816. The normalized spacial score (nSPS) is 17.1. The maximum atomic E-state index is 13.0. The number of rotatable bonds is 5. The second-order valence-corrected chi connectivity index (χ2v) is 5.58. The van der Waals surface area contributed by atoms with Crippen LogP contribution in [0.25, 0.3) is 11.4 Å². The molecule has 114 valence electrons. The molecular weight excluding hydrogens is 274 g/mol. The Morgan fingerprint density at radius 2 is 2.27 bits per heavy atom. The highest BCUT2D eigenvalue weighted by Crippen LogP contribution is 2.25. The zero-order valence-electron chi connectivity index (χ0n) is 12.8. The molecule has 2 aromatic rings. The van der Waals surface area contributed by atoms with E-state index in [-0.39, 0.29) is 11.9 Å². The summed E-state index contributed by atoms with van der Waals surface area (Å²) in [6.07, 6.45) is 11.0. The zero-order chi connectivity index (χ0) is 15.4. The number of H-pyrrole nitrogens is 1. The molecule has 2 heterocycles. The molecule has 4 heteroatoms. The van der Waals surface area contributed by atoms with Crippen LogP contribution in [0.4, 0.5) is 0 Å². The number of carbonyl (C=O) groups excluding carboxylic acids is 1. The summed E-state index contributed by atoms with van der Waals surface area (Å²) >= 11 is 0. The van der Waals surface area contributed by atoms with Crippen molar-refractivity contribution in [1.82, 2.24) is 14.9 Å². The lowest BCUT2D eigenvalue weighted by atomic mass is 10.0. The van der Waals surface area contributed by atoms with Gasteiger partial charge in [-0.05, 0) is 12.5 Å². The summed E-state index contributed by atoms with van der Waals surface area (Å²) in [6.45, 7) is 2.87. The summed E-state index contributed by atoms with van der Waals surface area (Å²) in [5.74, 6) is 0.819. The Hall–Kier alpha value is -2.36. The van der Waals surface area contributed by atoms with E-state index in [9.17, 15) is 4.79 Å². The van der Waals surface area contributed by atoms with Crippen LogP contribution in [0.15, 0.2) is 48.8 Å². The molecule has 1 N–H and O–H groups in total. The fourth-order valence-electron chi connectivity index (χ4n) is 2.91. The number of nitrogens with zero attached hydrogens (tertiary/aromatic N) is 2. The lowest BCUT2D eigenvalue weighted by Crippen LogP contribution is -2.36. The molecule has 0 fully saturated rings. The van der Waals surface area contributed by atoms with Crippen molar-refractivity contribution in [1.29, 1.82) is 0 Å². The molecule has 1 aromatic carbocycles. The molecule has 0 aliphatic carbocycles.